The molecule has 0 aliphatic heterocycles. The summed E-state index contributed by atoms with van der Waals surface area (Å²) >= 11 is 0. The maximum atomic E-state index is 12.7. The highest BCUT2D eigenvalue weighted by molar-refractivity contribution is 6.14. The van der Waals surface area contributed by atoms with Gasteiger partial charge in [-0.3, -0.25) is 14.4 Å². The Kier molecular flexibility index (Phi) is 8.21. The number of amides is 1. The van der Waals surface area contributed by atoms with Crippen molar-refractivity contribution in [1.29, 1.82) is 0 Å². The quantitative estimate of drug-likeness (QED) is 0.226. The molecule has 0 aromatic heterocycles. The van der Waals surface area contributed by atoms with Gasteiger partial charge in [-0.05, 0) is 23.8 Å². The minimum Gasteiger partial charge on any atom is -0.481 e. The lowest BCUT2D eigenvalue weighted by molar-refractivity contribution is -0.137. The van der Waals surface area contributed by atoms with Gasteiger partial charge in [0.1, 0.15) is 0 Å². The number of benzene rings is 2. The Balaban J connectivity index is 2.18. The largest absolute Gasteiger partial charge is 0.481 e. The van der Waals surface area contributed by atoms with Gasteiger partial charge in [0.25, 0.3) is 5.91 Å². The Hall–Kier alpha value is -4.27. The second-order valence-corrected chi connectivity index (χ2v) is 6.24. The molecule has 2 aromatic rings. The summed E-state index contributed by atoms with van der Waals surface area (Å²) in [5, 5.41) is 19.6. The monoisotopic (exact) mass is 425 g/mol. The Labute approximate surface area is 177 Å². The van der Waals surface area contributed by atoms with Gasteiger partial charge in [0.15, 0.2) is 0 Å². The maximum Gasteiger partial charge on any atom is 0.339 e. The molecule has 1 atom stereocenters. The summed E-state index contributed by atoms with van der Waals surface area (Å²) in [4.78, 5) is 58.9. The highest BCUT2D eigenvalue weighted by Crippen LogP contribution is 2.12. The summed E-state index contributed by atoms with van der Waals surface area (Å²) in [5.74, 6) is -4.91. The molecular formula is C22H19NO8. The Morgan fingerprint density at radius 1 is 0.903 bits per heavy atom. The summed E-state index contributed by atoms with van der Waals surface area (Å²) in [6.45, 7) is -0.241. The molecule has 2 aromatic carbocycles. The first-order valence-electron chi connectivity index (χ1n) is 9.08. The standard InChI is InChI=1S/C22H19NO8/c24-17(25)11-8-14-6-9-16(10-7-14)22(30)31-20(21(29)23-13-12-18(26)27)19(28)15-4-2-1-3-5-15/h1-11,20H,12-13H2,(H,23,29)(H,24,25)(H,26,27). The predicted molar refractivity (Wildman–Crippen MR) is 108 cm³/mol. The average Bonchev–Trinajstić information content (AvgIpc) is 2.76. The van der Waals surface area contributed by atoms with Gasteiger partial charge in [-0.25, -0.2) is 9.59 Å². The number of nitrogens with one attached hydrogen (secondary N) is 1. The molecule has 1 amide bonds. The number of ether oxygens (including phenoxy) is 1. The lowest BCUT2D eigenvalue weighted by Crippen LogP contribution is -2.43. The van der Waals surface area contributed by atoms with Crippen LogP contribution < -0.4 is 5.32 Å². The van der Waals surface area contributed by atoms with Crippen LogP contribution in [0.3, 0.4) is 0 Å². The number of carbonyl (C=O) groups excluding carboxylic acids is 3. The topological polar surface area (TPSA) is 147 Å². The Bertz CT molecular complexity index is 996. The van der Waals surface area contributed by atoms with Crippen molar-refractivity contribution in [2.45, 2.75) is 12.5 Å². The summed E-state index contributed by atoms with van der Waals surface area (Å²) in [6, 6.07) is 13.4. The number of carbonyl (C=O) groups is 5. The first-order valence-corrected chi connectivity index (χ1v) is 9.08. The molecule has 0 spiro atoms. The number of esters is 1. The van der Waals surface area contributed by atoms with E-state index in [2.05, 4.69) is 5.32 Å². The number of ketones is 1. The van der Waals surface area contributed by atoms with Crippen LogP contribution >= 0.6 is 0 Å². The zero-order valence-corrected chi connectivity index (χ0v) is 16.2. The third-order valence-electron chi connectivity index (χ3n) is 3.96. The average molecular weight is 425 g/mol. The van der Waals surface area contributed by atoms with E-state index in [-0.39, 0.29) is 24.1 Å². The number of rotatable bonds is 10. The van der Waals surface area contributed by atoms with Gasteiger partial charge in [0.2, 0.25) is 11.9 Å². The van der Waals surface area contributed by atoms with Crippen molar-refractivity contribution in [3.63, 3.8) is 0 Å². The minimum absolute atomic E-state index is 0.0386. The fourth-order valence-corrected chi connectivity index (χ4v) is 2.44. The van der Waals surface area contributed by atoms with Crippen LogP contribution in [0.5, 0.6) is 0 Å². The molecule has 31 heavy (non-hydrogen) atoms. The molecule has 160 valence electrons. The van der Waals surface area contributed by atoms with Gasteiger partial charge in [0, 0.05) is 18.2 Å². The lowest BCUT2D eigenvalue weighted by Gasteiger charge is -2.17. The van der Waals surface area contributed by atoms with Crippen molar-refractivity contribution >= 4 is 35.7 Å². The first kappa shape index (κ1) is 23.0. The van der Waals surface area contributed by atoms with E-state index in [1.807, 2.05) is 0 Å². The second kappa shape index (κ2) is 11.1. The van der Waals surface area contributed by atoms with Crippen LogP contribution in [0.25, 0.3) is 6.08 Å². The molecule has 2 rings (SSSR count). The number of hydrogen-bond donors (Lipinski definition) is 3. The molecule has 1 unspecified atom stereocenters. The number of carboxylic acid groups (broad SMARTS) is 2. The van der Waals surface area contributed by atoms with E-state index in [1.54, 1.807) is 18.2 Å². The molecule has 0 radical (unpaired) electrons. The van der Waals surface area contributed by atoms with Crippen LogP contribution in [-0.4, -0.2) is 52.5 Å². The molecule has 0 saturated carbocycles. The molecule has 0 aliphatic rings. The maximum absolute atomic E-state index is 12.7. The highest BCUT2D eigenvalue weighted by atomic mass is 16.6. The SMILES string of the molecule is O=C(O)C=Cc1ccc(C(=O)OC(C(=O)NCCC(=O)O)C(=O)c2ccccc2)cc1. The number of hydrogen-bond acceptors (Lipinski definition) is 6. The predicted octanol–water partition coefficient (Wildman–Crippen LogP) is 1.78. The van der Waals surface area contributed by atoms with E-state index < -0.39 is 35.7 Å². The summed E-state index contributed by atoms with van der Waals surface area (Å²) in [5.41, 5.74) is 0.696. The van der Waals surface area contributed by atoms with Gasteiger partial charge < -0.3 is 20.3 Å². The molecule has 0 saturated heterocycles. The van der Waals surface area contributed by atoms with E-state index in [1.165, 1.54) is 42.5 Å². The van der Waals surface area contributed by atoms with E-state index in [0.717, 1.165) is 6.08 Å². The number of carboxylic acids is 2. The van der Waals surface area contributed by atoms with Gasteiger partial charge in [-0.15, -0.1) is 0 Å². The molecule has 0 fully saturated rings. The molecular weight excluding hydrogens is 406 g/mol. The van der Waals surface area contributed by atoms with E-state index >= 15 is 0 Å². The third kappa shape index (κ3) is 7.24. The van der Waals surface area contributed by atoms with Gasteiger partial charge >= 0.3 is 17.9 Å². The van der Waals surface area contributed by atoms with Crippen molar-refractivity contribution in [3.05, 3.63) is 77.4 Å². The molecule has 3 N–H and O–H groups in total. The molecule has 9 nitrogen and oxygen atoms in total. The van der Waals surface area contributed by atoms with Crippen LogP contribution in [0.15, 0.2) is 60.7 Å². The van der Waals surface area contributed by atoms with E-state index in [0.29, 0.717) is 5.56 Å². The number of Topliss-reactive ketones (excluding diaryl/α,β-unsaturated/α-hetero) is 1. The smallest absolute Gasteiger partial charge is 0.339 e. The first-order chi connectivity index (χ1) is 14.8. The zero-order chi connectivity index (χ0) is 22.8. The van der Waals surface area contributed by atoms with Crippen LogP contribution in [0.1, 0.15) is 32.7 Å². The third-order valence-corrected chi connectivity index (χ3v) is 3.96. The van der Waals surface area contributed by atoms with Gasteiger partial charge in [-0.2, -0.15) is 0 Å². The fraction of sp³-hybridized carbons (Fsp3) is 0.136. The van der Waals surface area contributed by atoms with E-state index in [9.17, 15) is 24.0 Å². The van der Waals surface area contributed by atoms with Gasteiger partial charge in [-0.1, -0.05) is 42.5 Å². The molecule has 0 aliphatic carbocycles. The summed E-state index contributed by atoms with van der Waals surface area (Å²) in [6.07, 6.45) is 0.0886. The fourth-order valence-electron chi connectivity index (χ4n) is 2.44. The van der Waals surface area contributed by atoms with Crippen molar-refractivity contribution < 1.29 is 38.9 Å². The zero-order valence-electron chi connectivity index (χ0n) is 16.2. The normalized spacial score (nSPS) is 11.5. The van der Waals surface area contributed by atoms with E-state index in [4.69, 9.17) is 14.9 Å². The van der Waals surface area contributed by atoms with Crippen molar-refractivity contribution in [1.82, 2.24) is 5.32 Å². The van der Waals surface area contributed by atoms with Crippen LogP contribution in [0.2, 0.25) is 0 Å². The summed E-state index contributed by atoms with van der Waals surface area (Å²) < 4.78 is 5.15. The van der Waals surface area contributed by atoms with Crippen LogP contribution in [0, 0.1) is 0 Å². The van der Waals surface area contributed by atoms with Crippen molar-refractivity contribution in [2.24, 2.45) is 0 Å². The number of aliphatic carboxylic acids is 2. The Morgan fingerprint density at radius 3 is 2.13 bits per heavy atom. The van der Waals surface area contributed by atoms with Crippen LogP contribution in [0.4, 0.5) is 0 Å². The van der Waals surface area contributed by atoms with Gasteiger partial charge in [0.05, 0.1) is 12.0 Å². The molecule has 9 heteroatoms. The Morgan fingerprint density at radius 2 is 1.55 bits per heavy atom. The highest BCUT2D eigenvalue weighted by Gasteiger charge is 2.31. The molecule has 0 bridgehead atoms. The minimum atomic E-state index is -1.81. The van der Waals surface area contributed by atoms with Crippen LogP contribution in [-0.2, 0) is 19.1 Å². The lowest BCUT2D eigenvalue weighted by atomic mass is 10.1. The molecule has 0 heterocycles. The van der Waals surface area contributed by atoms with Crippen molar-refractivity contribution in [3.8, 4) is 0 Å². The summed E-state index contributed by atoms with van der Waals surface area (Å²) in [7, 11) is 0. The second-order valence-electron chi connectivity index (χ2n) is 6.24. The van der Waals surface area contributed by atoms with Crippen molar-refractivity contribution in [2.75, 3.05) is 6.54 Å².